The fraction of sp³-hybridized carbons (Fsp3) is 0.667. The minimum Gasteiger partial charge on any atom is -0.384 e. The Morgan fingerprint density at radius 3 is 3.14 bits per heavy atom. The second-order valence-electron chi connectivity index (χ2n) is 7.10. The summed E-state index contributed by atoms with van der Waals surface area (Å²) in [5.74, 6) is 0.891. The summed E-state index contributed by atoms with van der Waals surface area (Å²) in [4.78, 5) is 5.29. The molecule has 114 valence electrons. The van der Waals surface area contributed by atoms with Crippen LogP contribution in [0.3, 0.4) is 0 Å². The van der Waals surface area contributed by atoms with Crippen LogP contribution in [-0.4, -0.2) is 49.1 Å². The molecule has 3 nitrogen and oxygen atoms in total. The average Bonchev–Trinajstić information content (AvgIpc) is 2.97. The summed E-state index contributed by atoms with van der Waals surface area (Å²) in [6.45, 7) is 6.09. The van der Waals surface area contributed by atoms with Crippen molar-refractivity contribution in [1.82, 2.24) is 9.80 Å². The second kappa shape index (κ2) is 5.62. The molecular weight excluding hydrogens is 258 g/mol. The zero-order valence-electron chi connectivity index (χ0n) is 13.1. The summed E-state index contributed by atoms with van der Waals surface area (Å²) in [6.07, 6.45) is 5.35. The van der Waals surface area contributed by atoms with Crippen LogP contribution in [0.4, 0.5) is 5.69 Å². The highest BCUT2D eigenvalue weighted by atomic mass is 15.2. The number of benzene rings is 1. The molecule has 0 amide bonds. The number of hydrogen-bond acceptors (Lipinski definition) is 3. The lowest BCUT2D eigenvalue weighted by atomic mass is 9.84. The molecule has 1 aromatic carbocycles. The Kier molecular flexibility index (Phi) is 3.64. The first-order valence-electron chi connectivity index (χ1n) is 8.58. The molecule has 3 heteroatoms. The van der Waals surface area contributed by atoms with Crippen LogP contribution in [-0.2, 0) is 13.0 Å². The van der Waals surface area contributed by atoms with Gasteiger partial charge in [-0.15, -0.1) is 0 Å². The number of fused-ring (bicyclic) bond motifs is 2. The fourth-order valence-electron chi connectivity index (χ4n) is 4.65. The van der Waals surface area contributed by atoms with E-state index in [9.17, 15) is 0 Å². The smallest absolute Gasteiger partial charge is 0.0419 e. The van der Waals surface area contributed by atoms with Crippen molar-refractivity contribution in [3.8, 4) is 0 Å². The van der Waals surface area contributed by atoms with Gasteiger partial charge in [-0.25, -0.2) is 0 Å². The monoisotopic (exact) mass is 285 g/mol. The normalized spacial score (nSPS) is 29.8. The van der Waals surface area contributed by atoms with Crippen LogP contribution in [0.15, 0.2) is 18.2 Å². The first-order valence-corrected chi connectivity index (χ1v) is 8.58. The van der Waals surface area contributed by atoms with Crippen molar-refractivity contribution in [3.05, 3.63) is 29.3 Å². The molecule has 2 fully saturated rings. The number of piperidine rings is 2. The first-order chi connectivity index (χ1) is 10.3. The molecule has 1 aromatic rings. The van der Waals surface area contributed by atoms with Crippen LogP contribution in [0, 0.1) is 5.92 Å². The lowest BCUT2D eigenvalue weighted by Crippen LogP contribution is -2.52. The number of anilines is 1. The Balaban J connectivity index is 1.46. The van der Waals surface area contributed by atoms with Crippen molar-refractivity contribution in [2.45, 2.75) is 38.3 Å². The molecule has 21 heavy (non-hydrogen) atoms. The van der Waals surface area contributed by atoms with Crippen LogP contribution in [0.25, 0.3) is 0 Å². The van der Waals surface area contributed by atoms with Crippen LogP contribution < -0.4 is 5.32 Å². The highest BCUT2D eigenvalue weighted by molar-refractivity contribution is 5.61. The molecule has 0 bridgehead atoms. The van der Waals surface area contributed by atoms with Crippen molar-refractivity contribution >= 4 is 5.69 Å². The van der Waals surface area contributed by atoms with Gasteiger partial charge >= 0.3 is 0 Å². The maximum atomic E-state index is 3.59. The van der Waals surface area contributed by atoms with Crippen molar-refractivity contribution in [3.63, 3.8) is 0 Å². The average molecular weight is 285 g/mol. The highest BCUT2D eigenvalue weighted by Gasteiger charge is 2.34. The van der Waals surface area contributed by atoms with E-state index in [0.717, 1.165) is 25.0 Å². The summed E-state index contributed by atoms with van der Waals surface area (Å²) >= 11 is 0. The Morgan fingerprint density at radius 2 is 2.19 bits per heavy atom. The zero-order chi connectivity index (χ0) is 14.2. The summed E-state index contributed by atoms with van der Waals surface area (Å²) in [5, 5.41) is 3.59. The molecule has 2 unspecified atom stereocenters. The zero-order valence-corrected chi connectivity index (χ0v) is 13.1. The van der Waals surface area contributed by atoms with E-state index in [1.54, 1.807) is 0 Å². The molecule has 2 saturated heterocycles. The van der Waals surface area contributed by atoms with Gasteiger partial charge in [0.25, 0.3) is 0 Å². The summed E-state index contributed by atoms with van der Waals surface area (Å²) in [6, 6.07) is 7.68. The Labute approximate surface area is 128 Å². The van der Waals surface area contributed by atoms with E-state index in [4.69, 9.17) is 0 Å². The molecule has 3 aliphatic rings. The van der Waals surface area contributed by atoms with Gasteiger partial charge in [-0.3, -0.25) is 4.90 Å². The molecule has 3 aliphatic heterocycles. The van der Waals surface area contributed by atoms with Gasteiger partial charge < -0.3 is 10.2 Å². The van der Waals surface area contributed by atoms with Crippen LogP contribution in [0.2, 0.25) is 0 Å². The molecule has 0 radical (unpaired) electrons. The third kappa shape index (κ3) is 2.58. The lowest BCUT2D eigenvalue weighted by molar-refractivity contribution is 0.0355. The minimum atomic E-state index is 0.842. The maximum absolute atomic E-state index is 3.59. The topological polar surface area (TPSA) is 18.5 Å². The van der Waals surface area contributed by atoms with E-state index >= 15 is 0 Å². The van der Waals surface area contributed by atoms with Gasteiger partial charge in [0.15, 0.2) is 0 Å². The van der Waals surface area contributed by atoms with Gasteiger partial charge in [-0.1, -0.05) is 18.2 Å². The molecule has 3 heterocycles. The van der Waals surface area contributed by atoms with E-state index < -0.39 is 0 Å². The number of rotatable bonds is 2. The SMILES string of the molecule is CN1CCCC2CN(Cc3cccc4c3NCC4)CCC21. The third-order valence-corrected chi connectivity index (χ3v) is 5.76. The Morgan fingerprint density at radius 1 is 1.24 bits per heavy atom. The first kappa shape index (κ1) is 13.6. The van der Waals surface area contributed by atoms with E-state index in [2.05, 4.69) is 40.4 Å². The minimum absolute atomic E-state index is 0.842. The molecule has 0 aliphatic carbocycles. The van der Waals surface area contributed by atoms with Gasteiger partial charge in [0.05, 0.1) is 0 Å². The van der Waals surface area contributed by atoms with Crippen molar-refractivity contribution in [2.24, 2.45) is 5.92 Å². The third-order valence-electron chi connectivity index (χ3n) is 5.76. The molecular formula is C18H27N3. The second-order valence-corrected chi connectivity index (χ2v) is 7.10. The molecule has 4 rings (SSSR count). The quantitative estimate of drug-likeness (QED) is 0.901. The number of para-hydroxylation sites is 1. The number of hydrogen-bond donors (Lipinski definition) is 1. The van der Waals surface area contributed by atoms with Gasteiger partial charge in [0, 0.05) is 31.4 Å². The summed E-state index contributed by atoms with van der Waals surface area (Å²) in [5.41, 5.74) is 4.45. The number of likely N-dealkylation sites (tertiary alicyclic amines) is 2. The molecule has 0 aromatic heterocycles. The van der Waals surface area contributed by atoms with E-state index in [1.165, 1.54) is 62.1 Å². The molecule has 1 N–H and O–H groups in total. The maximum Gasteiger partial charge on any atom is 0.0419 e. The van der Waals surface area contributed by atoms with Gasteiger partial charge in [-0.2, -0.15) is 0 Å². The molecule has 0 saturated carbocycles. The summed E-state index contributed by atoms with van der Waals surface area (Å²) < 4.78 is 0. The molecule has 2 atom stereocenters. The van der Waals surface area contributed by atoms with Crippen molar-refractivity contribution < 1.29 is 0 Å². The Hall–Kier alpha value is -1.06. The number of nitrogens with one attached hydrogen (secondary N) is 1. The highest BCUT2D eigenvalue weighted by Crippen LogP contribution is 2.32. The van der Waals surface area contributed by atoms with Crippen LogP contribution in [0.1, 0.15) is 30.4 Å². The van der Waals surface area contributed by atoms with Gasteiger partial charge in [-0.05, 0) is 62.9 Å². The summed E-state index contributed by atoms with van der Waals surface area (Å²) in [7, 11) is 2.32. The Bertz CT molecular complexity index is 513. The van der Waals surface area contributed by atoms with Gasteiger partial charge in [0.2, 0.25) is 0 Å². The standard InChI is InChI=1S/C18H27N3/c1-20-10-3-6-15-12-21(11-8-17(15)20)13-16-5-2-4-14-7-9-19-18(14)16/h2,4-5,15,17,19H,3,6-13H2,1H3. The molecule has 0 spiro atoms. The lowest BCUT2D eigenvalue weighted by Gasteiger charge is -2.46. The van der Waals surface area contributed by atoms with Gasteiger partial charge in [0.1, 0.15) is 0 Å². The van der Waals surface area contributed by atoms with Crippen molar-refractivity contribution in [2.75, 3.05) is 38.5 Å². The predicted octanol–water partition coefficient (Wildman–Crippen LogP) is 2.57. The van der Waals surface area contributed by atoms with Crippen molar-refractivity contribution in [1.29, 1.82) is 0 Å². The largest absolute Gasteiger partial charge is 0.384 e. The fourth-order valence-corrected chi connectivity index (χ4v) is 4.65. The van der Waals surface area contributed by atoms with Crippen LogP contribution >= 0.6 is 0 Å². The van der Waals surface area contributed by atoms with Crippen LogP contribution in [0.5, 0.6) is 0 Å². The van der Waals surface area contributed by atoms with E-state index in [1.807, 2.05) is 0 Å². The predicted molar refractivity (Wildman–Crippen MR) is 87.7 cm³/mol. The van der Waals surface area contributed by atoms with E-state index in [-0.39, 0.29) is 0 Å². The van der Waals surface area contributed by atoms with E-state index in [0.29, 0.717) is 0 Å². The number of nitrogens with zero attached hydrogens (tertiary/aromatic N) is 2.